The maximum absolute atomic E-state index is 13.1. The van der Waals surface area contributed by atoms with E-state index in [0.29, 0.717) is 17.6 Å². The Morgan fingerprint density at radius 2 is 1.89 bits per heavy atom. The number of benzene rings is 2. The van der Waals surface area contributed by atoms with E-state index in [1.807, 2.05) is 0 Å². The molecule has 0 bridgehead atoms. The van der Waals surface area contributed by atoms with Crippen LogP contribution in [0.15, 0.2) is 44.4 Å². The summed E-state index contributed by atoms with van der Waals surface area (Å²) < 4.78 is 26.2. The van der Waals surface area contributed by atoms with E-state index in [4.69, 9.17) is 9.20 Å². The highest BCUT2D eigenvalue weighted by atomic mass is 32.2. The van der Waals surface area contributed by atoms with Crippen molar-refractivity contribution in [2.45, 2.75) is 43.9 Å². The molecule has 6 nitrogen and oxygen atoms in total. The Labute approximate surface area is 163 Å². The van der Waals surface area contributed by atoms with Crippen LogP contribution < -0.4 is 5.43 Å². The fourth-order valence-corrected chi connectivity index (χ4v) is 4.00. The Morgan fingerprint density at radius 1 is 1.14 bits per heavy atom. The normalized spacial score (nSPS) is 13.6. The molecule has 2 aromatic carbocycles. The highest BCUT2D eigenvalue weighted by Crippen LogP contribution is 2.27. The molecule has 0 amide bonds. The van der Waals surface area contributed by atoms with Gasteiger partial charge in [-0.2, -0.15) is 0 Å². The summed E-state index contributed by atoms with van der Waals surface area (Å²) in [6, 6.07) is 7.32. The first-order valence-corrected chi connectivity index (χ1v) is 11.2. The predicted octanol–water partition coefficient (Wildman–Crippen LogP) is 4.80. The fraction of sp³-hybridized carbons (Fsp3) is 0.333. The SMILES string of the molecule is CCCCCCc1cc([S@@](C)(=N)=O)cc2c(=O)c3cc(C(=O)O)ccc3oc12. The summed E-state index contributed by atoms with van der Waals surface area (Å²) in [5.74, 6) is -1.13. The lowest BCUT2D eigenvalue weighted by atomic mass is 10.0. The van der Waals surface area contributed by atoms with Crippen LogP contribution in [0.4, 0.5) is 0 Å². The molecule has 0 radical (unpaired) electrons. The molecule has 0 unspecified atom stereocenters. The van der Waals surface area contributed by atoms with E-state index < -0.39 is 15.7 Å². The lowest BCUT2D eigenvalue weighted by molar-refractivity contribution is 0.0697. The Hall–Kier alpha value is -2.67. The molecule has 0 spiro atoms. The van der Waals surface area contributed by atoms with Gasteiger partial charge < -0.3 is 9.52 Å². The zero-order chi connectivity index (χ0) is 20.5. The highest BCUT2D eigenvalue weighted by Gasteiger charge is 2.17. The minimum atomic E-state index is -3.02. The van der Waals surface area contributed by atoms with Crippen LogP contribution in [0.1, 0.15) is 48.5 Å². The maximum Gasteiger partial charge on any atom is 0.335 e. The minimum Gasteiger partial charge on any atom is -0.478 e. The number of nitrogens with one attached hydrogen (secondary N) is 1. The van der Waals surface area contributed by atoms with Crippen LogP contribution in [-0.2, 0) is 16.1 Å². The van der Waals surface area contributed by atoms with Crippen molar-refractivity contribution in [2.75, 3.05) is 6.26 Å². The number of rotatable bonds is 7. The molecule has 0 fully saturated rings. The van der Waals surface area contributed by atoms with Gasteiger partial charge in [-0.15, -0.1) is 0 Å². The van der Waals surface area contributed by atoms with Crippen molar-refractivity contribution in [2.24, 2.45) is 0 Å². The number of hydrogen-bond donors (Lipinski definition) is 2. The van der Waals surface area contributed by atoms with Gasteiger partial charge in [0.05, 0.1) is 26.1 Å². The average Bonchev–Trinajstić information content (AvgIpc) is 2.64. The molecule has 0 aliphatic carbocycles. The van der Waals surface area contributed by atoms with Gasteiger partial charge in [0.15, 0.2) is 0 Å². The number of aryl methyl sites for hydroxylation is 1. The summed E-state index contributed by atoms with van der Waals surface area (Å²) in [5.41, 5.74) is 1.11. The molecule has 1 atom stereocenters. The highest BCUT2D eigenvalue weighted by molar-refractivity contribution is 7.91. The van der Waals surface area contributed by atoms with Crippen molar-refractivity contribution in [3.05, 3.63) is 51.7 Å². The molecule has 0 saturated carbocycles. The van der Waals surface area contributed by atoms with Crippen LogP contribution in [0, 0.1) is 4.78 Å². The standard InChI is InChI=1S/C21H23NO5S/c1-3-4-5-6-7-13-10-15(28(2,22)26)12-17-19(23)16-11-14(21(24)25)8-9-18(16)27-20(13)17/h8-12,22H,3-7H2,1-2H3,(H,24,25)/t28-/m0/s1. The summed E-state index contributed by atoms with van der Waals surface area (Å²) >= 11 is 0. The number of aromatic carboxylic acids is 1. The van der Waals surface area contributed by atoms with E-state index in [9.17, 15) is 18.9 Å². The van der Waals surface area contributed by atoms with Gasteiger partial charge in [-0.1, -0.05) is 26.2 Å². The molecule has 7 heteroatoms. The Kier molecular flexibility index (Phi) is 5.56. The third kappa shape index (κ3) is 3.94. The monoisotopic (exact) mass is 401 g/mol. The van der Waals surface area contributed by atoms with E-state index in [1.165, 1.54) is 30.5 Å². The average molecular weight is 401 g/mol. The van der Waals surface area contributed by atoms with Crippen molar-refractivity contribution in [1.82, 2.24) is 0 Å². The van der Waals surface area contributed by atoms with Gasteiger partial charge in [-0.3, -0.25) is 4.79 Å². The molecule has 3 aromatic rings. The fourth-order valence-electron chi connectivity index (χ4n) is 3.29. The molecule has 1 aromatic heterocycles. The lowest BCUT2D eigenvalue weighted by Gasteiger charge is -2.11. The third-order valence-corrected chi connectivity index (χ3v) is 5.95. The van der Waals surface area contributed by atoms with Gasteiger partial charge >= 0.3 is 5.97 Å². The second kappa shape index (κ2) is 7.75. The summed E-state index contributed by atoms with van der Waals surface area (Å²) in [6.45, 7) is 2.12. The molecule has 0 aliphatic heterocycles. The first-order valence-electron chi connectivity index (χ1n) is 9.23. The first kappa shape index (κ1) is 20.1. The molecular weight excluding hydrogens is 378 g/mol. The van der Waals surface area contributed by atoms with E-state index in [0.717, 1.165) is 31.2 Å². The van der Waals surface area contributed by atoms with Crippen LogP contribution in [0.25, 0.3) is 21.9 Å². The number of carbonyl (C=O) groups is 1. The Morgan fingerprint density at radius 3 is 2.54 bits per heavy atom. The zero-order valence-electron chi connectivity index (χ0n) is 15.9. The first-order chi connectivity index (χ1) is 13.2. The summed E-state index contributed by atoms with van der Waals surface area (Å²) in [6.07, 6.45) is 6.11. The number of carboxylic acid groups (broad SMARTS) is 1. The van der Waals surface area contributed by atoms with Crippen LogP contribution in [0.3, 0.4) is 0 Å². The number of carboxylic acids is 1. The summed E-state index contributed by atoms with van der Waals surface area (Å²) in [5, 5.41) is 9.59. The molecule has 2 N–H and O–H groups in total. The van der Waals surface area contributed by atoms with Crippen LogP contribution in [0.5, 0.6) is 0 Å². The van der Waals surface area contributed by atoms with Gasteiger partial charge in [-0.05, 0) is 48.7 Å². The molecule has 3 rings (SSSR count). The van der Waals surface area contributed by atoms with E-state index >= 15 is 0 Å². The summed E-state index contributed by atoms with van der Waals surface area (Å²) in [4.78, 5) is 24.6. The number of unbranched alkanes of at least 4 members (excludes halogenated alkanes) is 3. The van der Waals surface area contributed by atoms with Gasteiger partial charge in [0.1, 0.15) is 11.2 Å². The van der Waals surface area contributed by atoms with E-state index in [-0.39, 0.29) is 26.7 Å². The van der Waals surface area contributed by atoms with Gasteiger partial charge in [0.2, 0.25) is 5.43 Å². The van der Waals surface area contributed by atoms with Gasteiger partial charge in [-0.25, -0.2) is 13.8 Å². The number of hydrogen-bond acceptors (Lipinski definition) is 5. The quantitative estimate of drug-likeness (QED) is 0.436. The van der Waals surface area contributed by atoms with Gasteiger partial charge in [0.25, 0.3) is 0 Å². The molecule has 1 heterocycles. The molecular formula is C21H23NO5S. The Bertz CT molecular complexity index is 1220. The van der Waals surface area contributed by atoms with E-state index in [2.05, 4.69) is 6.92 Å². The van der Waals surface area contributed by atoms with Crippen LogP contribution in [-0.4, -0.2) is 21.5 Å². The smallest absolute Gasteiger partial charge is 0.335 e. The topological polar surface area (TPSA) is 108 Å². The number of fused-ring (bicyclic) bond motifs is 2. The third-order valence-electron chi connectivity index (χ3n) is 4.82. The van der Waals surface area contributed by atoms with Gasteiger partial charge in [0, 0.05) is 11.2 Å². The largest absolute Gasteiger partial charge is 0.478 e. The lowest BCUT2D eigenvalue weighted by Crippen LogP contribution is -2.08. The van der Waals surface area contributed by atoms with Crippen molar-refractivity contribution < 1.29 is 18.5 Å². The maximum atomic E-state index is 13.1. The molecule has 148 valence electrons. The molecule has 0 aliphatic rings. The Balaban J connectivity index is 2.28. The van der Waals surface area contributed by atoms with Crippen molar-refractivity contribution in [3.63, 3.8) is 0 Å². The second-order valence-corrected chi connectivity index (χ2v) is 9.22. The molecule has 0 saturated heterocycles. The minimum absolute atomic E-state index is 0.00475. The summed E-state index contributed by atoms with van der Waals surface area (Å²) in [7, 11) is -3.02. The predicted molar refractivity (Wildman–Crippen MR) is 110 cm³/mol. The van der Waals surface area contributed by atoms with E-state index in [1.54, 1.807) is 6.07 Å². The van der Waals surface area contributed by atoms with Crippen molar-refractivity contribution in [3.8, 4) is 0 Å². The molecule has 28 heavy (non-hydrogen) atoms. The van der Waals surface area contributed by atoms with Crippen LogP contribution >= 0.6 is 0 Å². The van der Waals surface area contributed by atoms with Crippen molar-refractivity contribution >= 4 is 37.6 Å². The zero-order valence-corrected chi connectivity index (χ0v) is 16.7. The van der Waals surface area contributed by atoms with Crippen molar-refractivity contribution in [1.29, 1.82) is 4.78 Å². The second-order valence-electron chi connectivity index (χ2n) is 7.06. The van der Waals surface area contributed by atoms with Crippen LogP contribution in [0.2, 0.25) is 0 Å².